The van der Waals surface area contributed by atoms with Crippen LogP contribution < -0.4 is 15.8 Å². The number of ether oxygens (including phenoxy) is 1. The van der Waals surface area contributed by atoms with Crippen molar-refractivity contribution >= 4 is 11.6 Å². The summed E-state index contributed by atoms with van der Waals surface area (Å²) in [4.78, 5) is 11.7. The number of benzene rings is 1. The van der Waals surface area contributed by atoms with Gasteiger partial charge in [0.15, 0.2) is 6.61 Å². The molecular weight excluding hydrogens is 244 g/mol. The van der Waals surface area contributed by atoms with Crippen LogP contribution in [0.1, 0.15) is 25.7 Å². The Bertz CT molecular complexity index is 411. The first-order valence-corrected chi connectivity index (χ1v) is 6.59. The number of nitrogen functional groups attached to an aromatic ring is 1. The fourth-order valence-electron chi connectivity index (χ4n) is 2.20. The van der Waals surface area contributed by atoms with Gasteiger partial charge in [0.2, 0.25) is 0 Å². The first-order chi connectivity index (χ1) is 9.13. The zero-order chi connectivity index (χ0) is 13.7. The summed E-state index contributed by atoms with van der Waals surface area (Å²) in [5, 5.41) is 12.3. The largest absolute Gasteiger partial charge is 0.484 e. The molecule has 0 bridgehead atoms. The normalized spacial score (nSPS) is 22.8. The number of nitrogens with one attached hydrogen (secondary N) is 1. The van der Waals surface area contributed by atoms with Crippen LogP contribution in [0, 0.1) is 0 Å². The Morgan fingerprint density at radius 1 is 1.26 bits per heavy atom. The molecule has 1 amide bonds. The maximum absolute atomic E-state index is 11.7. The molecule has 0 atom stereocenters. The van der Waals surface area contributed by atoms with Crippen molar-refractivity contribution in [3.05, 3.63) is 24.3 Å². The first-order valence-electron chi connectivity index (χ1n) is 6.59. The molecule has 1 fully saturated rings. The van der Waals surface area contributed by atoms with E-state index in [0.717, 1.165) is 25.7 Å². The third-order valence-electron chi connectivity index (χ3n) is 3.31. The quantitative estimate of drug-likeness (QED) is 0.710. The van der Waals surface area contributed by atoms with E-state index < -0.39 is 0 Å². The van der Waals surface area contributed by atoms with Gasteiger partial charge >= 0.3 is 0 Å². The van der Waals surface area contributed by atoms with E-state index in [-0.39, 0.29) is 24.7 Å². The fourth-order valence-corrected chi connectivity index (χ4v) is 2.20. The summed E-state index contributed by atoms with van der Waals surface area (Å²) in [6.45, 7) is 0.00295. The van der Waals surface area contributed by atoms with Gasteiger partial charge in [-0.3, -0.25) is 4.79 Å². The van der Waals surface area contributed by atoms with Crippen LogP contribution >= 0.6 is 0 Å². The van der Waals surface area contributed by atoms with Crippen molar-refractivity contribution in [1.82, 2.24) is 5.32 Å². The summed E-state index contributed by atoms with van der Waals surface area (Å²) in [6, 6.07) is 7.09. The Morgan fingerprint density at radius 3 is 2.53 bits per heavy atom. The van der Waals surface area contributed by atoms with Crippen LogP contribution in [-0.4, -0.2) is 29.8 Å². The number of nitrogens with two attached hydrogens (primary N) is 1. The van der Waals surface area contributed by atoms with Gasteiger partial charge in [0.25, 0.3) is 5.91 Å². The second-order valence-electron chi connectivity index (χ2n) is 4.93. The highest BCUT2D eigenvalue weighted by molar-refractivity contribution is 5.77. The Kier molecular flexibility index (Phi) is 4.63. The van der Waals surface area contributed by atoms with Gasteiger partial charge in [0, 0.05) is 11.7 Å². The van der Waals surface area contributed by atoms with Gasteiger partial charge in [0.1, 0.15) is 5.75 Å². The predicted octanol–water partition coefficient (Wildman–Crippen LogP) is 1.07. The van der Waals surface area contributed by atoms with E-state index in [0.29, 0.717) is 11.4 Å². The lowest BCUT2D eigenvalue weighted by atomic mass is 9.93. The molecule has 5 heteroatoms. The van der Waals surface area contributed by atoms with Gasteiger partial charge in [0.05, 0.1) is 6.10 Å². The molecule has 0 radical (unpaired) electrons. The van der Waals surface area contributed by atoms with Crippen molar-refractivity contribution in [3.8, 4) is 5.75 Å². The summed E-state index contributed by atoms with van der Waals surface area (Å²) in [6.07, 6.45) is 2.95. The van der Waals surface area contributed by atoms with Crippen LogP contribution in [0.4, 0.5) is 5.69 Å². The van der Waals surface area contributed by atoms with E-state index in [1.165, 1.54) is 0 Å². The van der Waals surface area contributed by atoms with Crippen LogP contribution in [0.5, 0.6) is 5.75 Å². The van der Waals surface area contributed by atoms with Gasteiger partial charge < -0.3 is 20.9 Å². The number of aliphatic hydroxyl groups excluding tert-OH is 1. The third kappa shape index (κ3) is 4.44. The fraction of sp³-hybridized carbons (Fsp3) is 0.500. The second-order valence-corrected chi connectivity index (χ2v) is 4.93. The smallest absolute Gasteiger partial charge is 0.258 e. The molecular formula is C14H20N2O3. The Hall–Kier alpha value is -1.75. The van der Waals surface area contributed by atoms with Crippen molar-refractivity contribution in [2.45, 2.75) is 37.8 Å². The maximum Gasteiger partial charge on any atom is 0.258 e. The van der Waals surface area contributed by atoms with Crippen molar-refractivity contribution in [2.75, 3.05) is 12.3 Å². The van der Waals surface area contributed by atoms with Gasteiger partial charge in [-0.2, -0.15) is 0 Å². The number of aliphatic hydroxyl groups is 1. The molecule has 1 aliphatic rings. The average molecular weight is 264 g/mol. The van der Waals surface area contributed by atoms with Crippen molar-refractivity contribution in [3.63, 3.8) is 0 Å². The molecule has 1 aromatic carbocycles. The number of anilines is 1. The van der Waals surface area contributed by atoms with Crippen LogP contribution in [0.15, 0.2) is 24.3 Å². The van der Waals surface area contributed by atoms with Crippen molar-refractivity contribution < 1.29 is 14.6 Å². The summed E-state index contributed by atoms with van der Waals surface area (Å²) >= 11 is 0. The minimum Gasteiger partial charge on any atom is -0.484 e. The second kappa shape index (κ2) is 6.43. The summed E-state index contributed by atoms with van der Waals surface area (Å²) < 4.78 is 5.37. The monoisotopic (exact) mass is 264 g/mol. The highest BCUT2D eigenvalue weighted by atomic mass is 16.5. The van der Waals surface area contributed by atoms with Crippen molar-refractivity contribution in [2.24, 2.45) is 0 Å². The summed E-state index contributed by atoms with van der Waals surface area (Å²) in [5.74, 6) is 0.502. The van der Waals surface area contributed by atoms with Crippen LogP contribution in [0.3, 0.4) is 0 Å². The summed E-state index contributed by atoms with van der Waals surface area (Å²) in [7, 11) is 0. The molecule has 4 N–H and O–H groups in total. The molecule has 1 aromatic rings. The zero-order valence-corrected chi connectivity index (χ0v) is 10.8. The molecule has 1 aliphatic carbocycles. The third-order valence-corrected chi connectivity index (χ3v) is 3.31. The van der Waals surface area contributed by atoms with E-state index >= 15 is 0 Å². The number of amides is 1. The van der Waals surface area contributed by atoms with Crippen LogP contribution in [-0.2, 0) is 4.79 Å². The Labute approximate surface area is 112 Å². The molecule has 0 unspecified atom stereocenters. The maximum atomic E-state index is 11.7. The zero-order valence-electron chi connectivity index (χ0n) is 10.8. The molecule has 0 aromatic heterocycles. The highest BCUT2D eigenvalue weighted by Gasteiger charge is 2.20. The molecule has 0 aliphatic heterocycles. The lowest BCUT2D eigenvalue weighted by Crippen LogP contribution is -2.40. The SMILES string of the molecule is Nc1ccc(OCC(=O)NC2CCC(O)CC2)cc1. The van der Waals surface area contributed by atoms with Gasteiger partial charge in [-0.05, 0) is 49.9 Å². The molecule has 5 nitrogen and oxygen atoms in total. The van der Waals surface area contributed by atoms with Gasteiger partial charge in [-0.25, -0.2) is 0 Å². The van der Waals surface area contributed by atoms with E-state index in [2.05, 4.69) is 5.32 Å². The minimum absolute atomic E-state index is 0.00295. The van der Waals surface area contributed by atoms with Crippen molar-refractivity contribution in [1.29, 1.82) is 0 Å². The molecule has 2 rings (SSSR count). The Morgan fingerprint density at radius 2 is 1.89 bits per heavy atom. The predicted molar refractivity (Wildman–Crippen MR) is 72.8 cm³/mol. The van der Waals surface area contributed by atoms with E-state index in [4.69, 9.17) is 10.5 Å². The molecule has 1 saturated carbocycles. The highest BCUT2D eigenvalue weighted by Crippen LogP contribution is 2.18. The minimum atomic E-state index is -0.209. The topological polar surface area (TPSA) is 84.6 Å². The van der Waals surface area contributed by atoms with Crippen LogP contribution in [0.25, 0.3) is 0 Å². The van der Waals surface area contributed by atoms with Gasteiger partial charge in [-0.1, -0.05) is 0 Å². The Balaban J connectivity index is 1.71. The molecule has 104 valence electrons. The number of rotatable bonds is 4. The summed E-state index contributed by atoms with van der Waals surface area (Å²) in [5.41, 5.74) is 6.23. The van der Waals surface area contributed by atoms with E-state index in [1.807, 2.05) is 0 Å². The average Bonchev–Trinajstić information content (AvgIpc) is 2.41. The molecule has 0 spiro atoms. The molecule has 0 saturated heterocycles. The lowest BCUT2D eigenvalue weighted by molar-refractivity contribution is -0.124. The number of carbonyl (C=O) groups is 1. The number of carbonyl (C=O) groups excluding carboxylic acids is 1. The van der Waals surface area contributed by atoms with E-state index in [9.17, 15) is 9.90 Å². The number of hydrogen-bond donors (Lipinski definition) is 3. The van der Waals surface area contributed by atoms with Crippen LogP contribution in [0.2, 0.25) is 0 Å². The molecule has 19 heavy (non-hydrogen) atoms. The molecule has 0 heterocycles. The van der Waals surface area contributed by atoms with Gasteiger partial charge in [-0.15, -0.1) is 0 Å². The number of hydrogen-bond acceptors (Lipinski definition) is 4. The van der Waals surface area contributed by atoms with E-state index in [1.54, 1.807) is 24.3 Å². The standard InChI is InChI=1S/C14H20N2O3/c15-10-1-7-13(8-2-10)19-9-14(18)16-11-3-5-12(17)6-4-11/h1-2,7-8,11-12,17H,3-6,9,15H2,(H,16,18). The first kappa shape index (κ1) is 13.7. The lowest BCUT2D eigenvalue weighted by Gasteiger charge is -2.26.